The van der Waals surface area contributed by atoms with Gasteiger partial charge in [0.25, 0.3) is 0 Å². The minimum Gasteiger partial charge on any atom is -0.369 e. The summed E-state index contributed by atoms with van der Waals surface area (Å²) < 4.78 is 0. The number of hydrogen-bond donors (Lipinski definition) is 0. The molecule has 0 atom stereocenters. The molecule has 1 aromatic carbocycles. The Balaban J connectivity index is 1.65. The molecule has 106 valence electrons. The number of unbranched alkanes of at least 4 members (excludes halogenated alkanes) is 1. The fraction of sp³-hybridized carbons (Fsp3) is 0.647. The summed E-state index contributed by atoms with van der Waals surface area (Å²) >= 11 is 0. The molecule has 1 aliphatic rings. The lowest BCUT2D eigenvalue weighted by atomic mass is 10.1. The lowest BCUT2D eigenvalue weighted by Crippen LogP contribution is -2.46. The van der Waals surface area contributed by atoms with E-state index in [1.807, 2.05) is 0 Å². The van der Waals surface area contributed by atoms with E-state index < -0.39 is 0 Å². The van der Waals surface area contributed by atoms with Crippen molar-refractivity contribution in [2.24, 2.45) is 5.92 Å². The summed E-state index contributed by atoms with van der Waals surface area (Å²) in [5.41, 5.74) is 1.38. The third-order valence-electron chi connectivity index (χ3n) is 4.00. The van der Waals surface area contributed by atoms with E-state index in [4.69, 9.17) is 0 Å². The van der Waals surface area contributed by atoms with Crippen LogP contribution in [0.15, 0.2) is 30.3 Å². The van der Waals surface area contributed by atoms with Crippen LogP contribution in [0.1, 0.15) is 33.1 Å². The maximum absolute atomic E-state index is 2.62. The van der Waals surface area contributed by atoms with Gasteiger partial charge in [-0.3, -0.25) is 4.90 Å². The number of anilines is 1. The number of piperazine rings is 1. The fourth-order valence-electron chi connectivity index (χ4n) is 2.76. The van der Waals surface area contributed by atoms with Gasteiger partial charge in [-0.25, -0.2) is 0 Å². The van der Waals surface area contributed by atoms with Crippen molar-refractivity contribution in [2.75, 3.05) is 37.6 Å². The number of nitrogens with zero attached hydrogens (tertiary/aromatic N) is 2. The molecule has 2 heteroatoms. The Labute approximate surface area is 118 Å². The Hall–Kier alpha value is -1.02. The van der Waals surface area contributed by atoms with Crippen molar-refractivity contribution in [3.8, 4) is 0 Å². The first-order chi connectivity index (χ1) is 9.25. The molecule has 1 aliphatic heterocycles. The quantitative estimate of drug-likeness (QED) is 0.721. The van der Waals surface area contributed by atoms with Crippen LogP contribution in [0.3, 0.4) is 0 Å². The zero-order chi connectivity index (χ0) is 13.5. The van der Waals surface area contributed by atoms with Crippen LogP contribution in [-0.4, -0.2) is 37.6 Å². The molecular formula is C17H28N2. The van der Waals surface area contributed by atoms with Gasteiger partial charge in [0.15, 0.2) is 0 Å². The third-order valence-corrected chi connectivity index (χ3v) is 4.00. The van der Waals surface area contributed by atoms with Crippen LogP contribution in [0, 0.1) is 5.92 Å². The highest BCUT2D eigenvalue weighted by Crippen LogP contribution is 2.16. The molecular weight excluding hydrogens is 232 g/mol. The van der Waals surface area contributed by atoms with Crippen molar-refractivity contribution in [1.82, 2.24) is 4.90 Å². The lowest BCUT2D eigenvalue weighted by Gasteiger charge is -2.36. The normalized spacial score (nSPS) is 17.1. The molecule has 19 heavy (non-hydrogen) atoms. The highest BCUT2D eigenvalue weighted by Gasteiger charge is 2.16. The van der Waals surface area contributed by atoms with E-state index in [9.17, 15) is 0 Å². The molecule has 0 amide bonds. The SMILES string of the molecule is CC(C)CCCCN1CCN(c2ccccc2)CC1. The predicted molar refractivity (Wildman–Crippen MR) is 83.8 cm³/mol. The molecule has 1 aromatic rings. The first-order valence-electron chi connectivity index (χ1n) is 7.78. The van der Waals surface area contributed by atoms with Gasteiger partial charge in [-0.15, -0.1) is 0 Å². The smallest absolute Gasteiger partial charge is 0.0367 e. The molecule has 2 nitrogen and oxygen atoms in total. The molecule has 0 saturated carbocycles. The van der Waals surface area contributed by atoms with Crippen molar-refractivity contribution in [1.29, 1.82) is 0 Å². The van der Waals surface area contributed by atoms with E-state index in [1.165, 1.54) is 57.7 Å². The molecule has 0 unspecified atom stereocenters. The van der Waals surface area contributed by atoms with E-state index in [2.05, 4.69) is 54.0 Å². The minimum absolute atomic E-state index is 0.856. The Morgan fingerprint density at radius 2 is 1.63 bits per heavy atom. The van der Waals surface area contributed by atoms with Gasteiger partial charge in [0, 0.05) is 31.9 Å². The predicted octanol–water partition coefficient (Wildman–Crippen LogP) is 3.63. The van der Waals surface area contributed by atoms with Crippen molar-refractivity contribution in [3.63, 3.8) is 0 Å². The Morgan fingerprint density at radius 1 is 0.947 bits per heavy atom. The summed E-state index contributed by atoms with van der Waals surface area (Å²) in [6.07, 6.45) is 4.13. The molecule has 0 bridgehead atoms. The van der Waals surface area contributed by atoms with Crippen molar-refractivity contribution in [2.45, 2.75) is 33.1 Å². The first kappa shape index (κ1) is 14.4. The average molecular weight is 260 g/mol. The monoisotopic (exact) mass is 260 g/mol. The number of hydrogen-bond acceptors (Lipinski definition) is 2. The average Bonchev–Trinajstić information content (AvgIpc) is 2.45. The maximum Gasteiger partial charge on any atom is 0.0367 e. The Bertz CT molecular complexity index is 340. The van der Waals surface area contributed by atoms with Crippen LogP contribution >= 0.6 is 0 Å². The standard InChI is InChI=1S/C17H28N2/c1-16(2)8-6-7-11-18-12-14-19(15-13-18)17-9-4-3-5-10-17/h3-5,9-10,16H,6-8,11-15H2,1-2H3. The van der Waals surface area contributed by atoms with E-state index in [0.29, 0.717) is 0 Å². The Morgan fingerprint density at radius 3 is 2.26 bits per heavy atom. The summed E-state index contributed by atoms with van der Waals surface area (Å²) in [6.45, 7) is 10.7. The maximum atomic E-state index is 2.62. The number of para-hydroxylation sites is 1. The zero-order valence-electron chi connectivity index (χ0n) is 12.5. The lowest BCUT2D eigenvalue weighted by molar-refractivity contribution is 0.250. The van der Waals surface area contributed by atoms with Crippen molar-refractivity contribution < 1.29 is 0 Å². The highest BCUT2D eigenvalue weighted by molar-refractivity contribution is 5.46. The van der Waals surface area contributed by atoms with Crippen LogP contribution in [0.5, 0.6) is 0 Å². The molecule has 0 aliphatic carbocycles. The molecule has 0 spiro atoms. The van der Waals surface area contributed by atoms with Gasteiger partial charge in [0.1, 0.15) is 0 Å². The van der Waals surface area contributed by atoms with Crippen molar-refractivity contribution in [3.05, 3.63) is 30.3 Å². The van der Waals surface area contributed by atoms with E-state index in [-0.39, 0.29) is 0 Å². The number of benzene rings is 1. The molecule has 1 fully saturated rings. The van der Waals surface area contributed by atoms with Gasteiger partial charge < -0.3 is 4.90 Å². The molecule has 0 N–H and O–H groups in total. The van der Waals surface area contributed by atoms with Crippen molar-refractivity contribution >= 4 is 5.69 Å². The molecule has 0 radical (unpaired) electrons. The summed E-state index contributed by atoms with van der Waals surface area (Å²) in [5, 5.41) is 0. The van der Waals surface area contributed by atoms with Crippen LogP contribution in [0.25, 0.3) is 0 Å². The second kappa shape index (κ2) is 7.54. The van der Waals surface area contributed by atoms with E-state index in [0.717, 1.165) is 5.92 Å². The second-order valence-electron chi connectivity index (χ2n) is 6.05. The van der Waals surface area contributed by atoms with Gasteiger partial charge in [-0.2, -0.15) is 0 Å². The molecule has 1 heterocycles. The van der Waals surface area contributed by atoms with Gasteiger partial charge >= 0.3 is 0 Å². The second-order valence-corrected chi connectivity index (χ2v) is 6.05. The van der Waals surface area contributed by atoms with Crippen LogP contribution < -0.4 is 4.90 Å². The zero-order valence-corrected chi connectivity index (χ0v) is 12.5. The first-order valence-corrected chi connectivity index (χ1v) is 7.78. The third kappa shape index (κ3) is 4.87. The van der Waals surface area contributed by atoms with Crippen LogP contribution in [0.4, 0.5) is 5.69 Å². The Kier molecular flexibility index (Phi) is 5.71. The highest BCUT2D eigenvalue weighted by atomic mass is 15.3. The fourth-order valence-corrected chi connectivity index (χ4v) is 2.76. The summed E-state index contributed by atoms with van der Waals surface area (Å²) in [4.78, 5) is 5.13. The molecule has 0 aromatic heterocycles. The number of rotatable bonds is 6. The van der Waals surface area contributed by atoms with Crippen LogP contribution in [0.2, 0.25) is 0 Å². The summed E-state index contributed by atoms with van der Waals surface area (Å²) in [5.74, 6) is 0.856. The van der Waals surface area contributed by atoms with Gasteiger partial charge in [0.2, 0.25) is 0 Å². The van der Waals surface area contributed by atoms with E-state index >= 15 is 0 Å². The largest absolute Gasteiger partial charge is 0.369 e. The molecule has 2 rings (SSSR count). The van der Waals surface area contributed by atoms with Gasteiger partial charge in [-0.05, 0) is 31.0 Å². The minimum atomic E-state index is 0.856. The van der Waals surface area contributed by atoms with Gasteiger partial charge in [-0.1, -0.05) is 44.9 Å². The topological polar surface area (TPSA) is 6.48 Å². The van der Waals surface area contributed by atoms with E-state index in [1.54, 1.807) is 0 Å². The summed E-state index contributed by atoms with van der Waals surface area (Å²) in [6, 6.07) is 10.8. The van der Waals surface area contributed by atoms with Gasteiger partial charge in [0.05, 0.1) is 0 Å². The van der Waals surface area contributed by atoms with Crippen LogP contribution in [-0.2, 0) is 0 Å². The summed E-state index contributed by atoms with van der Waals surface area (Å²) in [7, 11) is 0. The molecule has 1 saturated heterocycles.